The van der Waals surface area contributed by atoms with E-state index in [0.29, 0.717) is 10.6 Å². The molecule has 0 spiro atoms. The molecule has 1 aliphatic rings. The topological polar surface area (TPSA) is 70.8 Å². The fourth-order valence-corrected chi connectivity index (χ4v) is 3.11. The number of nitrogens with zero attached hydrogens (tertiary/aromatic N) is 1. The minimum Gasteiger partial charge on any atom is -0.387 e. The SMILES string of the molecule is CCOP(=O)(OCC)[C@@H]1CC(C)=[N+]([O-])O1. The molecule has 0 aromatic rings. The van der Waals surface area contributed by atoms with Crippen molar-refractivity contribution in [3.63, 3.8) is 0 Å². The summed E-state index contributed by atoms with van der Waals surface area (Å²) in [6.45, 7) is 5.57. The summed E-state index contributed by atoms with van der Waals surface area (Å²) in [5.41, 5.74) is 0.472. The van der Waals surface area contributed by atoms with E-state index in [4.69, 9.17) is 13.9 Å². The lowest BCUT2D eigenvalue weighted by Crippen LogP contribution is -2.14. The summed E-state index contributed by atoms with van der Waals surface area (Å²) in [7, 11) is -3.33. The van der Waals surface area contributed by atoms with Crippen molar-refractivity contribution in [3.05, 3.63) is 5.21 Å². The summed E-state index contributed by atoms with van der Waals surface area (Å²) < 4.78 is 22.3. The smallest absolute Gasteiger partial charge is 0.350 e. The van der Waals surface area contributed by atoms with Gasteiger partial charge >= 0.3 is 7.60 Å². The maximum atomic E-state index is 12.2. The fourth-order valence-electron chi connectivity index (χ4n) is 1.30. The van der Waals surface area contributed by atoms with Crippen LogP contribution in [0.15, 0.2) is 0 Å². The first kappa shape index (κ1) is 12.5. The van der Waals surface area contributed by atoms with Gasteiger partial charge in [-0.3, -0.25) is 9.77 Å². The molecule has 6 nitrogen and oxygen atoms in total. The van der Waals surface area contributed by atoms with Crippen LogP contribution in [-0.2, 0) is 18.5 Å². The van der Waals surface area contributed by atoms with Crippen LogP contribution in [0.2, 0.25) is 0 Å². The van der Waals surface area contributed by atoms with Gasteiger partial charge in [0.1, 0.15) is 0 Å². The maximum absolute atomic E-state index is 12.2. The molecule has 1 aliphatic heterocycles. The van der Waals surface area contributed by atoms with Crippen LogP contribution in [0.25, 0.3) is 0 Å². The zero-order valence-corrected chi connectivity index (χ0v) is 10.0. The van der Waals surface area contributed by atoms with Crippen molar-refractivity contribution in [1.29, 1.82) is 0 Å². The van der Waals surface area contributed by atoms with Crippen LogP contribution in [0, 0.1) is 5.21 Å². The van der Waals surface area contributed by atoms with Crippen LogP contribution in [0.4, 0.5) is 0 Å². The average Bonchev–Trinajstić information content (AvgIpc) is 2.48. The van der Waals surface area contributed by atoms with E-state index in [-0.39, 0.29) is 19.6 Å². The third-order valence-electron chi connectivity index (χ3n) is 1.97. The van der Waals surface area contributed by atoms with E-state index in [1.54, 1.807) is 20.8 Å². The molecule has 0 radical (unpaired) electrons. The second kappa shape index (κ2) is 4.96. The Bertz CT molecular complexity index is 279. The highest BCUT2D eigenvalue weighted by Gasteiger charge is 2.41. The van der Waals surface area contributed by atoms with E-state index < -0.39 is 13.4 Å². The summed E-state index contributed by atoms with van der Waals surface area (Å²) in [6, 6.07) is 0. The Morgan fingerprint density at radius 3 is 2.40 bits per heavy atom. The molecule has 0 bridgehead atoms. The molecule has 0 unspecified atom stereocenters. The molecule has 1 rings (SSSR count). The Morgan fingerprint density at radius 1 is 1.53 bits per heavy atom. The van der Waals surface area contributed by atoms with Crippen LogP contribution in [0.3, 0.4) is 0 Å². The molecule has 7 heteroatoms. The molecule has 15 heavy (non-hydrogen) atoms. The highest BCUT2D eigenvalue weighted by Crippen LogP contribution is 2.55. The molecule has 0 N–H and O–H groups in total. The largest absolute Gasteiger partial charge is 0.387 e. The van der Waals surface area contributed by atoms with Crippen molar-refractivity contribution < 1.29 is 23.4 Å². The molecule has 0 saturated carbocycles. The van der Waals surface area contributed by atoms with Gasteiger partial charge in [0.25, 0.3) is 0 Å². The minimum absolute atomic E-state index is 0.259. The summed E-state index contributed by atoms with van der Waals surface area (Å²) in [5, 5.41) is 11.1. The lowest BCUT2D eigenvalue weighted by atomic mass is 10.3. The zero-order chi connectivity index (χ0) is 11.5. The number of hydrogen-bond donors (Lipinski definition) is 0. The van der Waals surface area contributed by atoms with Gasteiger partial charge < -0.3 is 13.9 Å². The van der Waals surface area contributed by atoms with E-state index in [0.717, 1.165) is 0 Å². The molecule has 0 fully saturated rings. The van der Waals surface area contributed by atoms with Crippen molar-refractivity contribution in [2.75, 3.05) is 13.2 Å². The molecule has 1 atom stereocenters. The normalized spacial score (nSPS) is 21.9. The Balaban J connectivity index is 2.72. The molecule has 0 saturated heterocycles. The van der Waals surface area contributed by atoms with Crippen molar-refractivity contribution in [2.24, 2.45) is 0 Å². The second-order valence-corrected chi connectivity index (χ2v) is 5.30. The Labute approximate surface area is 88.9 Å². The molecule has 1 heterocycles. The highest BCUT2D eigenvalue weighted by atomic mass is 31.2. The van der Waals surface area contributed by atoms with Crippen LogP contribution >= 0.6 is 7.60 Å². The van der Waals surface area contributed by atoms with Gasteiger partial charge in [0.2, 0.25) is 5.71 Å². The standard InChI is InChI=1S/C8H16NO5P/c1-4-12-15(11,13-5-2)8-6-7(3)9(10)14-8/h8H,4-6H2,1-3H3/t8-/m1/s1. The quantitative estimate of drug-likeness (QED) is 0.539. The second-order valence-electron chi connectivity index (χ2n) is 3.13. The Morgan fingerprint density at radius 2 is 2.07 bits per heavy atom. The van der Waals surface area contributed by atoms with E-state index in [1.807, 2.05) is 0 Å². The van der Waals surface area contributed by atoms with Crippen molar-refractivity contribution >= 4 is 13.3 Å². The van der Waals surface area contributed by atoms with E-state index in [1.165, 1.54) is 0 Å². The summed E-state index contributed by atoms with van der Waals surface area (Å²) in [6.07, 6.45) is 0.279. The van der Waals surface area contributed by atoms with Gasteiger partial charge in [0.05, 0.1) is 19.6 Å². The first-order valence-corrected chi connectivity index (χ1v) is 6.50. The zero-order valence-electron chi connectivity index (χ0n) is 9.13. The van der Waals surface area contributed by atoms with Crippen LogP contribution in [0.1, 0.15) is 27.2 Å². The van der Waals surface area contributed by atoms with E-state index >= 15 is 0 Å². The lowest BCUT2D eigenvalue weighted by molar-refractivity contribution is -0.735. The van der Waals surface area contributed by atoms with Gasteiger partial charge in [-0.25, -0.2) is 0 Å². The van der Waals surface area contributed by atoms with Crippen LogP contribution in [0.5, 0.6) is 0 Å². The van der Waals surface area contributed by atoms with Crippen LogP contribution < -0.4 is 0 Å². The summed E-state index contributed by atoms with van der Waals surface area (Å²) in [5.74, 6) is -0.810. The minimum atomic E-state index is -3.33. The number of rotatable bonds is 5. The molecule has 0 aliphatic carbocycles. The highest BCUT2D eigenvalue weighted by molar-refractivity contribution is 7.54. The number of hydrogen-bond acceptors (Lipinski definition) is 5. The Kier molecular flexibility index (Phi) is 4.13. The van der Waals surface area contributed by atoms with Gasteiger partial charge in [-0.15, -0.1) is 0 Å². The third kappa shape index (κ3) is 2.71. The molecule has 88 valence electrons. The fraction of sp³-hybridized carbons (Fsp3) is 0.875. The molecular weight excluding hydrogens is 221 g/mol. The van der Waals surface area contributed by atoms with E-state index in [2.05, 4.69) is 0 Å². The predicted molar refractivity (Wildman–Crippen MR) is 54.7 cm³/mol. The summed E-state index contributed by atoms with van der Waals surface area (Å²) >= 11 is 0. The maximum Gasteiger partial charge on any atom is 0.350 e. The average molecular weight is 237 g/mol. The monoisotopic (exact) mass is 237 g/mol. The molecule has 0 aromatic carbocycles. The predicted octanol–water partition coefficient (Wildman–Crippen LogP) is 1.89. The van der Waals surface area contributed by atoms with Gasteiger partial charge in [0.15, 0.2) is 5.85 Å². The van der Waals surface area contributed by atoms with Gasteiger partial charge in [0, 0.05) is 11.8 Å². The lowest BCUT2D eigenvalue weighted by Gasteiger charge is -2.22. The Hall–Kier alpha value is -0.580. The first-order chi connectivity index (χ1) is 7.03. The van der Waals surface area contributed by atoms with Crippen molar-refractivity contribution in [1.82, 2.24) is 0 Å². The van der Waals surface area contributed by atoms with Crippen LogP contribution in [-0.4, -0.2) is 29.7 Å². The molecule has 0 aromatic heterocycles. The molecule has 0 amide bonds. The third-order valence-corrected chi connectivity index (χ3v) is 4.19. The van der Waals surface area contributed by atoms with Crippen molar-refractivity contribution in [2.45, 2.75) is 33.0 Å². The van der Waals surface area contributed by atoms with E-state index in [9.17, 15) is 9.77 Å². The van der Waals surface area contributed by atoms with Gasteiger partial charge in [-0.05, 0) is 13.8 Å². The summed E-state index contributed by atoms with van der Waals surface area (Å²) in [4.78, 5) is 5.24. The first-order valence-electron chi connectivity index (χ1n) is 4.88. The van der Waals surface area contributed by atoms with Gasteiger partial charge in [-0.1, -0.05) is 0 Å². The molecular formula is C8H16NO5P. The van der Waals surface area contributed by atoms with Gasteiger partial charge in [-0.2, -0.15) is 0 Å². The van der Waals surface area contributed by atoms with Crippen molar-refractivity contribution in [3.8, 4) is 0 Å².